The minimum Gasteiger partial charge on any atom is -0.454 e. The fraction of sp³-hybridized carbons (Fsp3) is 0.0385. The molecule has 3 nitrogen and oxygen atoms in total. The number of nitrogens with zero attached hydrogens (tertiary/aromatic N) is 2. The van der Waals surface area contributed by atoms with E-state index < -0.39 is 5.41 Å². The Kier molecular flexibility index (Phi) is 7.32. The van der Waals surface area contributed by atoms with E-state index >= 15 is 0 Å². The molecule has 0 N–H and O–H groups in total. The normalized spacial score (nSPS) is 13.8. The Labute approximate surface area is 330 Å². The van der Waals surface area contributed by atoms with Crippen molar-refractivity contribution in [3.8, 4) is 11.1 Å². The summed E-state index contributed by atoms with van der Waals surface area (Å²) in [6.45, 7) is 6.70. The number of anilines is 5. The van der Waals surface area contributed by atoms with Crippen molar-refractivity contribution in [2.75, 3.05) is 9.80 Å². The second-order valence-corrected chi connectivity index (χ2v) is 15.5. The molecular formula is C52H36N2OS. The van der Waals surface area contributed by atoms with Gasteiger partial charge < -0.3 is 14.2 Å². The lowest BCUT2D eigenvalue weighted by Crippen LogP contribution is -2.36. The van der Waals surface area contributed by atoms with Crippen LogP contribution < -0.4 is 9.80 Å². The van der Waals surface area contributed by atoms with Crippen LogP contribution in [0.15, 0.2) is 205 Å². The summed E-state index contributed by atoms with van der Waals surface area (Å²) in [4.78, 5) is 4.72. The first-order valence-corrected chi connectivity index (χ1v) is 19.9. The second kappa shape index (κ2) is 12.6. The number of benzene rings is 7. The molecule has 3 heterocycles. The number of para-hydroxylation sites is 2. The molecule has 1 spiro atoms. The summed E-state index contributed by atoms with van der Waals surface area (Å²) in [7, 11) is 0. The van der Waals surface area contributed by atoms with Crippen LogP contribution in [0.3, 0.4) is 0 Å². The van der Waals surface area contributed by atoms with Gasteiger partial charge >= 0.3 is 0 Å². The molecule has 0 bridgehead atoms. The predicted octanol–water partition coefficient (Wildman–Crippen LogP) is 14.7. The van der Waals surface area contributed by atoms with E-state index in [9.17, 15) is 0 Å². The number of hydrogen-bond acceptors (Lipinski definition) is 4. The Bertz CT molecular complexity index is 3040. The third kappa shape index (κ3) is 4.57. The summed E-state index contributed by atoms with van der Waals surface area (Å²) in [6, 6.07) is 59.7. The van der Waals surface area contributed by atoms with Crippen LogP contribution >= 0.6 is 11.3 Å². The van der Waals surface area contributed by atoms with Crippen LogP contribution in [0.25, 0.3) is 42.5 Å². The third-order valence-electron chi connectivity index (χ3n) is 11.5. The molecule has 56 heavy (non-hydrogen) atoms. The molecule has 11 rings (SSSR count). The van der Waals surface area contributed by atoms with Crippen LogP contribution in [0.2, 0.25) is 0 Å². The maximum absolute atomic E-state index is 6.51. The molecule has 266 valence electrons. The fourth-order valence-electron chi connectivity index (χ4n) is 9.26. The maximum atomic E-state index is 6.51. The Balaban J connectivity index is 1.19. The lowest BCUT2D eigenvalue weighted by atomic mass is 9.64. The molecule has 1 aliphatic carbocycles. The highest BCUT2D eigenvalue weighted by molar-refractivity contribution is 7.26. The van der Waals surface area contributed by atoms with Crippen molar-refractivity contribution < 1.29 is 4.42 Å². The fourth-order valence-corrected chi connectivity index (χ4v) is 10.4. The average Bonchev–Trinajstić information content (AvgIpc) is 3.89. The van der Waals surface area contributed by atoms with E-state index in [1.165, 1.54) is 43.8 Å². The zero-order valence-corrected chi connectivity index (χ0v) is 31.6. The molecule has 0 amide bonds. The molecule has 0 fully saturated rings. The Hall–Kier alpha value is -6.88. The van der Waals surface area contributed by atoms with Crippen LogP contribution in [-0.4, -0.2) is 0 Å². The molecule has 0 atom stereocenters. The van der Waals surface area contributed by atoms with Gasteiger partial charge in [-0.3, -0.25) is 0 Å². The molecular weight excluding hydrogens is 701 g/mol. The van der Waals surface area contributed by atoms with Crippen LogP contribution in [0.4, 0.5) is 28.4 Å². The summed E-state index contributed by atoms with van der Waals surface area (Å²) >= 11 is 1.78. The van der Waals surface area contributed by atoms with Crippen LogP contribution in [0.1, 0.15) is 29.2 Å². The number of hydrogen-bond donors (Lipinski definition) is 0. The van der Waals surface area contributed by atoms with Crippen molar-refractivity contribution >= 4 is 71.1 Å². The zero-order valence-electron chi connectivity index (χ0n) is 30.8. The van der Waals surface area contributed by atoms with E-state index in [1.807, 2.05) is 19.1 Å². The lowest BCUT2D eigenvalue weighted by Gasteiger charge is -2.45. The number of fused-ring (bicyclic) bond motifs is 14. The van der Waals surface area contributed by atoms with Crippen molar-refractivity contribution in [2.24, 2.45) is 0 Å². The SMILES string of the molecule is C=C(/C=C\C=C/C)N(c1ccc2c(c1)N(c1ccccc1)c1ccccc1C21c2ccccc2-c2ccccc21)c1ccc2oc3c4ccccc4sc3c2c1. The smallest absolute Gasteiger partial charge is 0.154 e. The van der Waals surface area contributed by atoms with Crippen molar-refractivity contribution in [3.63, 3.8) is 0 Å². The maximum Gasteiger partial charge on any atom is 0.154 e. The summed E-state index contributed by atoms with van der Waals surface area (Å²) in [5, 5.41) is 2.26. The van der Waals surface area contributed by atoms with Gasteiger partial charge in [-0.2, -0.15) is 0 Å². The zero-order chi connectivity index (χ0) is 37.4. The summed E-state index contributed by atoms with van der Waals surface area (Å²) in [5.41, 5.74) is 15.3. The van der Waals surface area contributed by atoms with E-state index in [0.29, 0.717) is 0 Å². The molecule has 9 aromatic rings. The molecule has 0 radical (unpaired) electrons. The van der Waals surface area contributed by atoms with E-state index in [1.54, 1.807) is 11.3 Å². The average molecular weight is 737 g/mol. The van der Waals surface area contributed by atoms with E-state index in [4.69, 9.17) is 4.42 Å². The van der Waals surface area contributed by atoms with Gasteiger partial charge in [0, 0.05) is 38.2 Å². The predicted molar refractivity (Wildman–Crippen MR) is 236 cm³/mol. The number of rotatable bonds is 6. The molecule has 2 aromatic heterocycles. The molecule has 0 saturated carbocycles. The second-order valence-electron chi connectivity index (χ2n) is 14.5. The van der Waals surface area contributed by atoms with Gasteiger partial charge in [-0.05, 0) is 107 Å². The summed E-state index contributed by atoms with van der Waals surface area (Å²) in [6.07, 6.45) is 8.23. The van der Waals surface area contributed by atoms with Crippen LogP contribution in [0.5, 0.6) is 0 Å². The quantitative estimate of drug-likeness (QED) is 0.159. The van der Waals surface area contributed by atoms with Gasteiger partial charge in [-0.1, -0.05) is 128 Å². The number of thiophene rings is 1. The van der Waals surface area contributed by atoms with Gasteiger partial charge in [0.1, 0.15) is 5.58 Å². The lowest BCUT2D eigenvalue weighted by molar-refractivity contribution is 0.673. The van der Waals surface area contributed by atoms with Crippen LogP contribution in [0, 0.1) is 0 Å². The van der Waals surface area contributed by atoms with Gasteiger partial charge in [-0.25, -0.2) is 0 Å². The minimum absolute atomic E-state index is 0.515. The van der Waals surface area contributed by atoms with Crippen LogP contribution in [-0.2, 0) is 5.41 Å². The molecule has 0 unspecified atom stereocenters. The molecule has 7 aromatic carbocycles. The standard InChI is InChI=1S/C52H36N2OS/c1-3-4-6-17-34(2)53(36-29-31-48-41(32-36)51-50(55-48)40-22-11-16-27-49(40)56-51)37-28-30-45-47(33-37)54(35-18-7-5-8-19-35)46-26-15-14-25-44(46)52(45)42-23-12-9-20-38(42)39-21-10-13-24-43(39)52/h3-33H,2H2,1H3/b4-3-,17-6-. The van der Waals surface area contributed by atoms with Crippen molar-refractivity contribution in [1.29, 1.82) is 0 Å². The Morgan fingerprint density at radius 3 is 2.05 bits per heavy atom. The summed E-state index contributed by atoms with van der Waals surface area (Å²) < 4.78 is 8.90. The van der Waals surface area contributed by atoms with E-state index in [0.717, 1.165) is 55.1 Å². The first-order valence-electron chi connectivity index (χ1n) is 19.1. The van der Waals surface area contributed by atoms with Gasteiger partial charge in [0.2, 0.25) is 0 Å². The highest BCUT2D eigenvalue weighted by Crippen LogP contribution is 2.63. The van der Waals surface area contributed by atoms with Gasteiger partial charge in [-0.15, -0.1) is 11.3 Å². The molecule has 0 saturated heterocycles. The van der Waals surface area contributed by atoms with Crippen molar-refractivity contribution in [2.45, 2.75) is 12.3 Å². The number of furan rings is 1. The first-order chi connectivity index (χ1) is 27.7. The Morgan fingerprint density at radius 2 is 1.27 bits per heavy atom. The third-order valence-corrected chi connectivity index (χ3v) is 12.7. The highest BCUT2D eigenvalue weighted by Gasteiger charge is 2.51. The topological polar surface area (TPSA) is 19.6 Å². The van der Waals surface area contributed by atoms with E-state index in [2.05, 4.69) is 192 Å². The molecule has 1 aliphatic heterocycles. The largest absolute Gasteiger partial charge is 0.454 e. The van der Waals surface area contributed by atoms with Crippen molar-refractivity contribution in [1.82, 2.24) is 0 Å². The van der Waals surface area contributed by atoms with E-state index in [-0.39, 0.29) is 0 Å². The molecule has 4 heteroatoms. The number of allylic oxidation sites excluding steroid dienone is 4. The highest BCUT2D eigenvalue weighted by atomic mass is 32.1. The summed E-state index contributed by atoms with van der Waals surface area (Å²) in [5.74, 6) is 0. The molecule has 2 aliphatic rings. The van der Waals surface area contributed by atoms with Gasteiger partial charge in [0.15, 0.2) is 5.58 Å². The first kappa shape index (κ1) is 32.5. The Morgan fingerprint density at radius 1 is 0.625 bits per heavy atom. The van der Waals surface area contributed by atoms with Gasteiger partial charge in [0.05, 0.1) is 21.5 Å². The van der Waals surface area contributed by atoms with Gasteiger partial charge in [0.25, 0.3) is 0 Å². The minimum atomic E-state index is -0.515. The van der Waals surface area contributed by atoms with Crippen molar-refractivity contribution in [3.05, 3.63) is 223 Å². The monoisotopic (exact) mass is 736 g/mol.